The Labute approximate surface area is 137 Å². The number of carbonyl (C=O) groups is 2. The third-order valence-corrected chi connectivity index (χ3v) is 3.80. The van der Waals surface area contributed by atoms with Crippen LogP contribution in [0.4, 0.5) is 4.79 Å². The summed E-state index contributed by atoms with van der Waals surface area (Å²) in [7, 11) is 0. The lowest BCUT2D eigenvalue weighted by molar-refractivity contribution is 0.0735. The first kappa shape index (κ1) is 14.3. The lowest BCUT2D eigenvalue weighted by Gasteiger charge is -2.11. The van der Waals surface area contributed by atoms with Gasteiger partial charge in [-0.05, 0) is 35.7 Å². The largest absolute Gasteiger partial charge is 0.510 e. The Kier molecular flexibility index (Phi) is 3.42. The molecule has 0 N–H and O–H groups in total. The number of rotatable bonds is 3. The first-order valence-corrected chi connectivity index (χ1v) is 7.42. The monoisotopic (exact) mass is 323 g/mol. The second-order valence-electron chi connectivity index (χ2n) is 5.33. The van der Waals surface area contributed by atoms with Crippen molar-refractivity contribution in [3.05, 3.63) is 66.4 Å². The van der Waals surface area contributed by atoms with Gasteiger partial charge in [-0.3, -0.25) is 0 Å². The molecule has 24 heavy (non-hydrogen) atoms. The Bertz CT molecular complexity index is 916. The van der Waals surface area contributed by atoms with Crippen LogP contribution in [0.25, 0.3) is 10.9 Å². The SMILES string of the molecule is O=C1OCC(n2ccc3ccc(OC(=O)c4ccccc4)cc32)O1. The predicted molar refractivity (Wildman–Crippen MR) is 84.8 cm³/mol. The molecule has 1 saturated heterocycles. The van der Waals surface area contributed by atoms with Crippen molar-refractivity contribution in [2.24, 2.45) is 0 Å². The standard InChI is InChI=1S/C18H13NO5/c20-17(13-4-2-1-3-5-13)23-14-7-6-12-8-9-19(15(12)10-14)16-11-22-18(21)24-16/h1-10,16H,11H2. The van der Waals surface area contributed by atoms with Crippen molar-refractivity contribution in [3.8, 4) is 5.75 Å². The van der Waals surface area contributed by atoms with Gasteiger partial charge in [0.25, 0.3) is 0 Å². The zero-order chi connectivity index (χ0) is 16.5. The van der Waals surface area contributed by atoms with Crippen LogP contribution in [-0.4, -0.2) is 23.3 Å². The lowest BCUT2D eigenvalue weighted by atomic mass is 10.2. The molecule has 1 atom stereocenters. The van der Waals surface area contributed by atoms with Gasteiger partial charge in [0.1, 0.15) is 5.75 Å². The Morgan fingerprint density at radius 3 is 2.71 bits per heavy atom. The van der Waals surface area contributed by atoms with Crippen LogP contribution in [0.15, 0.2) is 60.8 Å². The number of hydrogen-bond donors (Lipinski definition) is 0. The highest BCUT2D eigenvalue weighted by Gasteiger charge is 2.27. The zero-order valence-corrected chi connectivity index (χ0v) is 12.5. The fourth-order valence-corrected chi connectivity index (χ4v) is 2.64. The van der Waals surface area contributed by atoms with Gasteiger partial charge in [0.15, 0.2) is 6.61 Å². The van der Waals surface area contributed by atoms with E-state index in [0.717, 1.165) is 10.9 Å². The van der Waals surface area contributed by atoms with E-state index in [9.17, 15) is 9.59 Å². The predicted octanol–water partition coefficient (Wildman–Crippen LogP) is 3.53. The molecule has 1 unspecified atom stereocenters. The highest BCUT2D eigenvalue weighted by atomic mass is 16.8. The van der Waals surface area contributed by atoms with Crippen molar-refractivity contribution >= 4 is 23.0 Å². The molecule has 2 heterocycles. The first-order valence-electron chi connectivity index (χ1n) is 7.42. The van der Waals surface area contributed by atoms with Gasteiger partial charge in [0.2, 0.25) is 6.23 Å². The van der Waals surface area contributed by atoms with Gasteiger partial charge in [-0.2, -0.15) is 0 Å². The van der Waals surface area contributed by atoms with E-state index in [0.29, 0.717) is 11.3 Å². The molecular weight excluding hydrogens is 310 g/mol. The lowest BCUT2D eigenvalue weighted by Crippen LogP contribution is -2.10. The molecule has 1 aliphatic rings. The number of fused-ring (bicyclic) bond motifs is 1. The van der Waals surface area contributed by atoms with E-state index in [1.54, 1.807) is 47.2 Å². The van der Waals surface area contributed by atoms with Gasteiger partial charge >= 0.3 is 12.1 Å². The summed E-state index contributed by atoms with van der Waals surface area (Å²) in [5.41, 5.74) is 1.27. The molecule has 0 aliphatic carbocycles. The fraction of sp³-hybridized carbons (Fsp3) is 0.111. The molecule has 0 amide bonds. The fourth-order valence-electron chi connectivity index (χ4n) is 2.64. The Morgan fingerprint density at radius 2 is 1.96 bits per heavy atom. The van der Waals surface area contributed by atoms with Crippen LogP contribution in [0.5, 0.6) is 5.75 Å². The van der Waals surface area contributed by atoms with E-state index in [4.69, 9.17) is 14.2 Å². The molecule has 1 aliphatic heterocycles. The van der Waals surface area contributed by atoms with Crippen molar-refractivity contribution in [2.45, 2.75) is 6.23 Å². The number of aromatic nitrogens is 1. The molecule has 2 aromatic carbocycles. The minimum atomic E-state index is -0.687. The smallest absolute Gasteiger partial charge is 0.428 e. The summed E-state index contributed by atoms with van der Waals surface area (Å²) in [6.07, 6.45) is 0.601. The molecule has 0 bridgehead atoms. The van der Waals surface area contributed by atoms with Crippen LogP contribution >= 0.6 is 0 Å². The van der Waals surface area contributed by atoms with Gasteiger partial charge in [-0.15, -0.1) is 0 Å². The molecule has 1 aromatic heterocycles. The Hall–Kier alpha value is -3.28. The molecule has 0 radical (unpaired) electrons. The number of cyclic esters (lactones) is 2. The van der Waals surface area contributed by atoms with Gasteiger partial charge < -0.3 is 18.8 Å². The average molecular weight is 323 g/mol. The second-order valence-corrected chi connectivity index (χ2v) is 5.33. The Balaban J connectivity index is 1.63. The van der Waals surface area contributed by atoms with E-state index in [1.807, 2.05) is 18.2 Å². The van der Waals surface area contributed by atoms with Gasteiger partial charge in [-0.25, -0.2) is 9.59 Å². The average Bonchev–Trinajstić information content (AvgIpc) is 3.21. The molecule has 4 rings (SSSR count). The summed E-state index contributed by atoms with van der Waals surface area (Å²) in [5, 5.41) is 0.942. The maximum Gasteiger partial charge on any atom is 0.510 e. The van der Waals surface area contributed by atoms with Crippen LogP contribution in [-0.2, 0) is 9.47 Å². The van der Waals surface area contributed by atoms with Crippen LogP contribution in [0.1, 0.15) is 16.6 Å². The number of ether oxygens (including phenoxy) is 3. The number of esters is 1. The molecular formula is C18H13NO5. The topological polar surface area (TPSA) is 66.8 Å². The normalized spacial score (nSPS) is 16.7. The van der Waals surface area contributed by atoms with Crippen LogP contribution in [0.2, 0.25) is 0 Å². The number of nitrogens with zero attached hydrogens (tertiary/aromatic N) is 1. The molecule has 0 saturated carbocycles. The summed E-state index contributed by atoms with van der Waals surface area (Å²) in [6.45, 7) is 0.149. The third-order valence-electron chi connectivity index (χ3n) is 3.80. The number of carbonyl (C=O) groups excluding carboxylic acids is 2. The molecule has 1 fully saturated rings. The summed E-state index contributed by atoms with van der Waals surface area (Å²) < 4.78 is 17.1. The minimum absolute atomic E-state index is 0.149. The highest BCUT2D eigenvalue weighted by Crippen LogP contribution is 2.28. The quantitative estimate of drug-likeness (QED) is 0.545. The summed E-state index contributed by atoms with van der Waals surface area (Å²) >= 11 is 0. The minimum Gasteiger partial charge on any atom is -0.428 e. The molecule has 6 heteroatoms. The van der Waals surface area contributed by atoms with Crippen LogP contribution < -0.4 is 4.74 Å². The van der Waals surface area contributed by atoms with Crippen molar-refractivity contribution in [2.75, 3.05) is 6.61 Å². The van der Waals surface area contributed by atoms with Crippen LogP contribution in [0.3, 0.4) is 0 Å². The summed E-state index contributed by atoms with van der Waals surface area (Å²) in [4.78, 5) is 23.3. The van der Waals surface area contributed by atoms with Gasteiger partial charge in [-0.1, -0.05) is 18.2 Å². The van der Waals surface area contributed by atoms with Crippen molar-refractivity contribution < 1.29 is 23.8 Å². The van der Waals surface area contributed by atoms with E-state index >= 15 is 0 Å². The molecule has 120 valence electrons. The van der Waals surface area contributed by atoms with Crippen molar-refractivity contribution in [1.29, 1.82) is 0 Å². The zero-order valence-electron chi connectivity index (χ0n) is 12.5. The highest BCUT2D eigenvalue weighted by molar-refractivity contribution is 5.91. The maximum atomic E-state index is 12.2. The molecule has 3 aromatic rings. The van der Waals surface area contributed by atoms with E-state index < -0.39 is 18.4 Å². The number of hydrogen-bond acceptors (Lipinski definition) is 5. The van der Waals surface area contributed by atoms with E-state index in [1.165, 1.54) is 0 Å². The maximum absolute atomic E-state index is 12.2. The summed E-state index contributed by atoms with van der Waals surface area (Å²) in [5.74, 6) is -0.00905. The first-order chi connectivity index (χ1) is 11.7. The van der Waals surface area contributed by atoms with Crippen LogP contribution in [0, 0.1) is 0 Å². The molecule has 0 spiro atoms. The number of benzene rings is 2. The third kappa shape index (κ3) is 2.58. The van der Waals surface area contributed by atoms with E-state index in [-0.39, 0.29) is 6.61 Å². The molecule has 6 nitrogen and oxygen atoms in total. The van der Waals surface area contributed by atoms with Crippen molar-refractivity contribution in [3.63, 3.8) is 0 Å². The van der Waals surface area contributed by atoms with Gasteiger partial charge in [0.05, 0.1) is 11.1 Å². The summed E-state index contributed by atoms with van der Waals surface area (Å²) in [6, 6.07) is 16.0. The Morgan fingerprint density at radius 1 is 1.12 bits per heavy atom. The van der Waals surface area contributed by atoms with E-state index in [2.05, 4.69) is 0 Å². The second kappa shape index (κ2) is 5.73. The van der Waals surface area contributed by atoms with Crippen molar-refractivity contribution in [1.82, 2.24) is 4.57 Å². The van der Waals surface area contributed by atoms with Gasteiger partial charge in [0, 0.05) is 12.3 Å².